The van der Waals surface area contributed by atoms with E-state index >= 15 is 0 Å². The van der Waals surface area contributed by atoms with Crippen LogP contribution in [0.15, 0.2) is 11.4 Å². The minimum absolute atomic E-state index is 0.467. The zero-order chi connectivity index (χ0) is 13.0. The van der Waals surface area contributed by atoms with Crippen molar-refractivity contribution in [3.05, 3.63) is 21.9 Å². The Hall–Kier alpha value is -0.910. The van der Waals surface area contributed by atoms with Gasteiger partial charge in [0, 0.05) is 26.3 Å². The standard InChI is InChI=1S/C13H19NO3S/c1-14(8-10-2-5-17-6-3-10)9-11-4-7-18-12(11)13(15)16/h4,7,10H,2-3,5-6,8-9H2,1H3,(H,15,16). The van der Waals surface area contributed by atoms with Gasteiger partial charge in [0.1, 0.15) is 4.88 Å². The highest BCUT2D eigenvalue weighted by Gasteiger charge is 2.18. The van der Waals surface area contributed by atoms with Crippen LogP contribution < -0.4 is 0 Å². The Balaban J connectivity index is 1.88. The van der Waals surface area contributed by atoms with Crippen LogP contribution in [0.1, 0.15) is 28.1 Å². The topological polar surface area (TPSA) is 49.8 Å². The number of rotatable bonds is 5. The second-order valence-corrected chi connectivity index (χ2v) is 5.75. The number of carboxylic acids is 1. The van der Waals surface area contributed by atoms with E-state index in [-0.39, 0.29) is 0 Å². The van der Waals surface area contributed by atoms with Gasteiger partial charge in [0.15, 0.2) is 0 Å². The predicted octanol–water partition coefficient (Wildman–Crippen LogP) is 2.30. The summed E-state index contributed by atoms with van der Waals surface area (Å²) in [6, 6.07) is 1.91. The Morgan fingerprint density at radius 3 is 2.94 bits per heavy atom. The minimum Gasteiger partial charge on any atom is -0.477 e. The summed E-state index contributed by atoms with van der Waals surface area (Å²) in [6.07, 6.45) is 2.22. The molecule has 0 aromatic carbocycles. The van der Waals surface area contributed by atoms with E-state index in [0.717, 1.165) is 38.2 Å². The molecule has 1 aromatic heterocycles. The van der Waals surface area contributed by atoms with Gasteiger partial charge in [-0.1, -0.05) is 0 Å². The van der Waals surface area contributed by atoms with Crippen molar-refractivity contribution in [1.29, 1.82) is 0 Å². The average Bonchev–Trinajstić information content (AvgIpc) is 2.78. The van der Waals surface area contributed by atoms with Gasteiger partial charge in [-0.2, -0.15) is 0 Å². The van der Waals surface area contributed by atoms with Crippen molar-refractivity contribution in [2.45, 2.75) is 19.4 Å². The van der Waals surface area contributed by atoms with E-state index < -0.39 is 5.97 Å². The lowest BCUT2D eigenvalue weighted by molar-refractivity contribution is 0.0549. The first-order valence-corrected chi connectivity index (χ1v) is 7.10. The van der Waals surface area contributed by atoms with Gasteiger partial charge >= 0.3 is 5.97 Å². The summed E-state index contributed by atoms with van der Waals surface area (Å²) in [6.45, 7) is 3.44. The fraction of sp³-hybridized carbons (Fsp3) is 0.615. The van der Waals surface area contributed by atoms with Crippen molar-refractivity contribution in [1.82, 2.24) is 4.90 Å². The molecule has 1 aliphatic rings. The van der Waals surface area contributed by atoms with Crippen LogP contribution in [0.4, 0.5) is 0 Å². The molecule has 1 fully saturated rings. The third-order valence-electron chi connectivity index (χ3n) is 3.29. The molecule has 1 aromatic rings. The van der Waals surface area contributed by atoms with Gasteiger partial charge in [0.05, 0.1) is 0 Å². The zero-order valence-corrected chi connectivity index (χ0v) is 11.4. The maximum atomic E-state index is 11.0. The monoisotopic (exact) mass is 269 g/mol. The Kier molecular flexibility index (Phi) is 4.74. The van der Waals surface area contributed by atoms with Crippen molar-refractivity contribution < 1.29 is 14.6 Å². The lowest BCUT2D eigenvalue weighted by Gasteiger charge is -2.27. The van der Waals surface area contributed by atoms with Crippen LogP contribution in [0.3, 0.4) is 0 Å². The van der Waals surface area contributed by atoms with Crippen molar-refractivity contribution >= 4 is 17.3 Å². The number of hydrogen-bond acceptors (Lipinski definition) is 4. The van der Waals surface area contributed by atoms with Crippen LogP contribution >= 0.6 is 11.3 Å². The maximum Gasteiger partial charge on any atom is 0.346 e. The number of hydrogen-bond donors (Lipinski definition) is 1. The second kappa shape index (κ2) is 6.31. The molecule has 0 spiro atoms. The summed E-state index contributed by atoms with van der Waals surface area (Å²) in [5, 5.41) is 10.9. The van der Waals surface area contributed by atoms with Gasteiger partial charge in [-0.3, -0.25) is 0 Å². The quantitative estimate of drug-likeness (QED) is 0.891. The molecule has 0 unspecified atom stereocenters. The number of aromatic carboxylic acids is 1. The van der Waals surface area contributed by atoms with E-state index in [1.807, 2.05) is 11.4 Å². The van der Waals surface area contributed by atoms with Crippen LogP contribution in [0, 0.1) is 5.92 Å². The molecule has 5 heteroatoms. The lowest BCUT2D eigenvalue weighted by atomic mass is 10.00. The third-order valence-corrected chi connectivity index (χ3v) is 4.24. The highest BCUT2D eigenvalue weighted by Crippen LogP contribution is 2.20. The molecule has 0 atom stereocenters. The van der Waals surface area contributed by atoms with Crippen LogP contribution in [0.2, 0.25) is 0 Å². The first-order valence-electron chi connectivity index (χ1n) is 6.22. The summed E-state index contributed by atoms with van der Waals surface area (Å²) < 4.78 is 5.34. The van der Waals surface area contributed by atoms with Crippen LogP contribution in [-0.2, 0) is 11.3 Å². The first kappa shape index (κ1) is 13.5. The number of carboxylic acid groups (broad SMARTS) is 1. The van der Waals surface area contributed by atoms with Gasteiger partial charge in [0.2, 0.25) is 0 Å². The number of ether oxygens (including phenoxy) is 1. The molecule has 1 aliphatic heterocycles. The molecule has 0 aliphatic carbocycles. The molecule has 1 N–H and O–H groups in total. The SMILES string of the molecule is CN(Cc1ccsc1C(=O)O)CC1CCOCC1. The minimum atomic E-state index is -0.820. The van der Waals surface area contributed by atoms with Crippen molar-refractivity contribution in [3.8, 4) is 0 Å². The lowest BCUT2D eigenvalue weighted by Crippen LogP contribution is -2.29. The van der Waals surface area contributed by atoms with Crippen LogP contribution in [-0.4, -0.2) is 42.8 Å². The van der Waals surface area contributed by atoms with E-state index in [1.54, 1.807) is 0 Å². The Bertz CT molecular complexity index is 399. The van der Waals surface area contributed by atoms with Crippen molar-refractivity contribution in [2.75, 3.05) is 26.8 Å². The summed E-state index contributed by atoms with van der Waals surface area (Å²) in [4.78, 5) is 13.7. The van der Waals surface area contributed by atoms with Crippen LogP contribution in [0.25, 0.3) is 0 Å². The van der Waals surface area contributed by atoms with Gasteiger partial charge in [-0.05, 0) is 42.8 Å². The largest absolute Gasteiger partial charge is 0.477 e. The number of carbonyl (C=O) groups is 1. The Morgan fingerprint density at radius 1 is 1.56 bits per heavy atom. The predicted molar refractivity (Wildman–Crippen MR) is 71.2 cm³/mol. The molecular weight excluding hydrogens is 250 g/mol. The third kappa shape index (κ3) is 3.54. The Labute approximate surface area is 111 Å². The normalized spacial score (nSPS) is 17.2. The van der Waals surface area contributed by atoms with E-state index in [0.29, 0.717) is 17.3 Å². The second-order valence-electron chi connectivity index (χ2n) is 4.83. The average molecular weight is 269 g/mol. The van der Waals surface area contributed by atoms with Gasteiger partial charge in [-0.15, -0.1) is 11.3 Å². The molecule has 2 heterocycles. The molecule has 100 valence electrons. The summed E-state index contributed by atoms with van der Waals surface area (Å²) in [5.41, 5.74) is 0.919. The van der Waals surface area contributed by atoms with E-state index in [1.165, 1.54) is 11.3 Å². The van der Waals surface area contributed by atoms with Crippen molar-refractivity contribution in [3.63, 3.8) is 0 Å². The smallest absolute Gasteiger partial charge is 0.346 e. The van der Waals surface area contributed by atoms with Gasteiger partial charge in [-0.25, -0.2) is 4.79 Å². The van der Waals surface area contributed by atoms with Crippen LogP contribution in [0.5, 0.6) is 0 Å². The zero-order valence-electron chi connectivity index (χ0n) is 10.6. The van der Waals surface area contributed by atoms with E-state index in [2.05, 4.69) is 11.9 Å². The molecule has 0 amide bonds. The summed E-state index contributed by atoms with van der Waals surface area (Å²) in [5.74, 6) is -0.143. The molecule has 0 saturated carbocycles. The maximum absolute atomic E-state index is 11.0. The summed E-state index contributed by atoms with van der Waals surface area (Å²) in [7, 11) is 2.05. The molecule has 1 saturated heterocycles. The Morgan fingerprint density at radius 2 is 2.28 bits per heavy atom. The fourth-order valence-corrected chi connectivity index (χ4v) is 3.13. The molecular formula is C13H19NO3S. The molecule has 2 rings (SSSR count). The van der Waals surface area contributed by atoms with E-state index in [4.69, 9.17) is 9.84 Å². The molecule has 0 radical (unpaired) electrons. The van der Waals surface area contributed by atoms with Crippen molar-refractivity contribution in [2.24, 2.45) is 5.92 Å². The highest BCUT2D eigenvalue weighted by molar-refractivity contribution is 7.12. The number of thiophene rings is 1. The van der Waals surface area contributed by atoms with Gasteiger partial charge < -0.3 is 14.7 Å². The molecule has 4 nitrogen and oxygen atoms in total. The molecule has 0 bridgehead atoms. The summed E-state index contributed by atoms with van der Waals surface area (Å²) >= 11 is 1.30. The van der Waals surface area contributed by atoms with Gasteiger partial charge in [0.25, 0.3) is 0 Å². The fourth-order valence-electron chi connectivity index (χ4n) is 2.37. The highest BCUT2D eigenvalue weighted by atomic mass is 32.1. The molecule has 18 heavy (non-hydrogen) atoms. The van der Waals surface area contributed by atoms with E-state index in [9.17, 15) is 4.79 Å². The first-order chi connectivity index (χ1) is 8.66. The number of nitrogens with zero attached hydrogens (tertiary/aromatic N) is 1.